The standard InChI is InChI=1S/C26H31F3N2O5/c1-33-20-4-6-21(7-5-20)34-12-9-24(32)30-19(17-31-11-2-10-26(31,29)25(27)28)15-18-3-8-22-23(16-18)36-14-13-35-22/h3-8,16,19,25H,2,9-15,17H2,1H3,(H,30,32)/t19-,26+/m0/s1. The van der Waals surface area contributed by atoms with Gasteiger partial charge in [-0.1, -0.05) is 6.07 Å². The number of carbonyl (C=O) groups excluding carboxylic acids is 1. The van der Waals surface area contributed by atoms with Crippen LogP contribution < -0.4 is 24.3 Å². The average Bonchev–Trinajstić information content (AvgIpc) is 3.25. The molecule has 10 heteroatoms. The fourth-order valence-corrected chi connectivity index (χ4v) is 4.51. The summed E-state index contributed by atoms with van der Waals surface area (Å²) >= 11 is 0. The number of nitrogens with one attached hydrogen (secondary N) is 1. The Labute approximate surface area is 208 Å². The molecule has 2 aromatic rings. The van der Waals surface area contributed by atoms with Crippen molar-refractivity contribution in [2.75, 3.05) is 40.0 Å². The topological polar surface area (TPSA) is 69.3 Å². The summed E-state index contributed by atoms with van der Waals surface area (Å²) in [5, 5.41) is 2.89. The number of hydrogen-bond donors (Lipinski definition) is 1. The number of methoxy groups -OCH3 is 1. The van der Waals surface area contributed by atoms with Gasteiger partial charge in [0.05, 0.1) is 20.1 Å². The van der Waals surface area contributed by atoms with Gasteiger partial charge in [0.25, 0.3) is 6.43 Å². The van der Waals surface area contributed by atoms with Crippen LogP contribution in [0.3, 0.4) is 0 Å². The summed E-state index contributed by atoms with van der Waals surface area (Å²) in [6.07, 6.45) is -2.65. The zero-order chi connectivity index (χ0) is 25.5. The zero-order valence-electron chi connectivity index (χ0n) is 20.2. The molecule has 0 spiro atoms. The quantitative estimate of drug-likeness (QED) is 0.463. The van der Waals surface area contributed by atoms with E-state index in [4.69, 9.17) is 18.9 Å². The molecule has 2 aliphatic rings. The highest BCUT2D eigenvalue weighted by Crippen LogP contribution is 2.37. The van der Waals surface area contributed by atoms with Gasteiger partial charge in [-0.2, -0.15) is 0 Å². The molecule has 0 aromatic heterocycles. The summed E-state index contributed by atoms with van der Waals surface area (Å²) in [4.78, 5) is 13.9. The number of fused-ring (bicyclic) bond motifs is 1. The van der Waals surface area contributed by atoms with Crippen LogP contribution in [0, 0.1) is 0 Å². The fraction of sp³-hybridized carbons (Fsp3) is 0.500. The van der Waals surface area contributed by atoms with Gasteiger partial charge >= 0.3 is 0 Å². The summed E-state index contributed by atoms with van der Waals surface area (Å²) in [6.45, 7) is 1.18. The molecule has 196 valence electrons. The maximum absolute atomic E-state index is 15.0. The van der Waals surface area contributed by atoms with E-state index in [1.807, 2.05) is 6.07 Å². The number of likely N-dealkylation sites (tertiary alicyclic amines) is 1. The zero-order valence-corrected chi connectivity index (χ0v) is 20.2. The molecule has 7 nitrogen and oxygen atoms in total. The predicted octanol–water partition coefficient (Wildman–Crippen LogP) is 3.99. The first kappa shape index (κ1) is 25.9. The highest BCUT2D eigenvalue weighted by Gasteiger charge is 2.49. The molecule has 4 rings (SSSR count). The molecule has 0 saturated carbocycles. The van der Waals surface area contributed by atoms with Crippen LogP contribution in [-0.4, -0.2) is 69.1 Å². The van der Waals surface area contributed by atoms with Crippen molar-refractivity contribution >= 4 is 5.91 Å². The van der Waals surface area contributed by atoms with Crippen molar-refractivity contribution in [2.45, 2.75) is 43.9 Å². The lowest BCUT2D eigenvalue weighted by molar-refractivity contribution is -0.128. The first-order chi connectivity index (χ1) is 17.4. The van der Waals surface area contributed by atoms with E-state index in [2.05, 4.69) is 5.32 Å². The minimum absolute atomic E-state index is 0.0413. The van der Waals surface area contributed by atoms with E-state index in [0.717, 1.165) is 10.5 Å². The van der Waals surface area contributed by atoms with Crippen molar-refractivity contribution < 1.29 is 36.9 Å². The summed E-state index contributed by atoms with van der Waals surface area (Å²) in [5.74, 6) is -0.504. The van der Waals surface area contributed by atoms with Crippen LogP contribution in [0.25, 0.3) is 0 Å². The molecule has 0 bridgehead atoms. The fourth-order valence-electron chi connectivity index (χ4n) is 4.51. The Kier molecular flexibility index (Phi) is 8.45. The maximum atomic E-state index is 15.0. The van der Waals surface area contributed by atoms with Gasteiger partial charge in [0, 0.05) is 25.6 Å². The lowest BCUT2D eigenvalue weighted by Crippen LogP contribution is -2.53. The maximum Gasteiger partial charge on any atom is 0.285 e. The third kappa shape index (κ3) is 6.34. The second-order valence-electron chi connectivity index (χ2n) is 8.89. The summed E-state index contributed by atoms with van der Waals surface area (Å²) < 4.78 is 63.9. The van der Waals surface area contributed by atoms with Gasteiger partial charge in [0.1, 0.15) is 24.7 Å². The number of amides is 1. The minimum atomic E-state index is -3.12. The Balaban J connectivity index is 1.40. The van der Waals surface area contributed by atoms with Crippen LogP contribution in [-0.2, 0) is 11.2 Å². The molecule has 1 amide bonds. The van der Waals surface area contributed by atoms with Gasteiger partial charge < -0.3 is 24.3 Å². The van der Waals surface area contributed by atoms with E-state index in [1.165, 1.54) is 0 Å². The molecule has 1 N–H and O–H groups in total. The highest BCUT2D eigenvalue weighted by molar-refractivity contribution is 5.76. The van der Waals surface area contributed by atoms with Crippen molar-refractivity contribution in [3.63, 3.8) is 0 Å². The summed E-state index contributed by atoms with van der Waals surface area (Å²) in [5.41, 5.74) is 0.819. The molecule has 1 saturated heterocycles. The van der Waals surface area contributed by atoms with Crippen molar-refractivity contribution in [3.05, 3.63) is 48.0 Å². The SMILES string of the molecule is COc1ccc(OCCC(=O)N[C@@H](Cc2ccc3c(c2)OCCO3)CN2CCC[C@]2(F)C(F)F)cc1. The number of rotatable bonds is 11. The van der Waals surface area contributed by atoms with E-state index < -0.39 is 18.3 Å². The molecule has 2 aliphatic heterocycles. The summed E-state index contributed by atoms with van der Waals surface area (Å²) in [7, 11) is 1.57. The van der Waals surface area contributed by atoms with Gasteiger partial charge in [-0.25, -0.2) is 13.2 Å². The number of carbonyl (C=O) groups is 1. The number of nitrogens with zero attached hydrogens (tertiary/aromatic N) is 1. The molecule has 0 aliphatic carbocycles. The van der Waals surface area contributed by atoms with E-state index >= 15 is 4.39 Å². The summed E-state index contributed by atoms with van der Waals surface area (Å²) in [6, 6.07) is 11.8. The predicted molar refractivity (Wildman–Crippen MR) is 127 cm³/mol. The molecule has 2 aromatic carbocycles. The lowest BCUT2D eigenvalue weighted by atomic mass is 10.0. The molecule has 2 heterocycles. The van der Waals surface area contributed by atoms with E-state index in [9.17, 15) is 13.6 Å². The van der Waals surface area contributed by atoms with Gasteiger partial charge in [0.15, 0.2) is 11.5 Å². The third-order valence-electron chi connectivity index (χ3n) is 6.37. The molecular formula is C26H31F3N2O5. The van der Waals surface area contributed by atoms with Crippen LogP contribution in [0.1, 0.15) is 24.8 Å². The van der Waals surface area contributed by atoms with Crippen molar-refractivity contribution in [3.8, 4) is 23.0 Å². The number of alkyl halides is 3. The Morgan fingerprint density at radius 2 is 1.83 bits per heavy atom. The number of ether oxygens (including phenoxy) is 4. The minimum Gasteiger partial charge on any atom is -0.497 e. The molecule has 2 atom stereocenters. The largest absolute Gasteiger partial charge is 0.497 e. The van der Waals surface area contributed by atoms with Crippen molar-refractivity contribution in [1.29, 1.82) is 0 Å². The van der Waals surface area contributed by atoms with E-state index in [1.54, 1.807) is 43.5 Å². The Morgan fingerprint density at radius 3 is 2.56 bits per heavy atom. The van der Waals surface area contributed by atoms with Gasteiger partial charge in [-0.05, 0) is 54.8 Å². The normalized spacial score (nSPS) is 20.2. The molecular weight excluding hydrogens is 477 g/mol. The molecule has 36 heavy (non-hydrogen) atoms. The monoisotopic (exact) mass is 508 g/mol. The number of benzene rings is 2. The van der Waals surface area contributed by atoms with Crippen molar-refractivity contribution in [2.24, 2.45) is 0 Å². The Morgan fingerprint density at radius 1 is 1.11 bits per heavy atom. The van der Waals surface area contributed by atoms with Gasteiger partial charge in [-0.15, -0.1) is 0 Å². The second-order valence-corrected chi connectivity index (χ2v) is 8.89. The Hall–Kier alpha value is -3.14. The van der Waals surface area contributed by atoms with Crippen LogP contribution in [0.2, 0.25) is 0 Å². The van der Waals surface area contributed by atoms with Gasteiger partial charge in [0.2, 0.25) is 11.7 Å². The van der Waals surface area contributed by atoms with Crippen molar-refractivity contribution in [1.82, 2.24) is 10.2 Å². The first-order valence-corrected chi connectivity index (χ1v) is 12.0. The van der Waals surface area contributed by atoms with Gasteiger partial charge in [-0.3, -0.25) is 9.69 Å². The first-order valence-electron chi connectivity index (χ1n) is 12.0. The second kappa shape index (κ2) is 11.7. The van der Waals surface area contributed by atoms with Crippen LogP contribution in [0.15, 0.2) is 42.5 Å². The molecule has 0 radical (unpaired) electrons. The van der Waals surface area contributed by atoms with Crippen LogP contribution >= 0.6 is 0 Å². The van der Waals surface area contributed by atoms with E-state index in [0.29, 0.717) is 49.1 Å². The molecule has 1 fully saturated rings. The van der Waals surface area contributed by atoms with E-state index in [-0.39, 0.29) is 38.4 Å². The average molecular weight is 509 g/mol. The number of hydrogen-bond acceptors (Lipinski definition) is 6. The lowest BCUT2D eigenvalue weighted by Gasteiger charge is -2.33. The molecule has 0 unspecified atom stereocenters. The van der Waals surface area contributed by atoms with Crippen LogP contribution in [0.4, 0.5) is 13.2 Å². The highest BCUT2D eigenvalue weighted by atomic mass is 19.3. The Bertz CT molecular complexity index is 1020. The number of halogens is 3. The smallest absolute Gasteiger partial charge is 0.285 e. The third-order valence-corrected chi connectivity index (χ3v) is 6.37. The van der Waals surface area contributed by atoms with Crippen LogP contribution in [0.5, 0.6) is 23.0 Å².